The van der Waals surface area contributed by atoms with E-state index in [0.29, 0.717) is 0 Å². The zero-order chi connectivity index (χ0) is 27.1. The summed E-state index contributed by atoms with van der Waals surface area (Å²) in [4.78, 5) is 0. The summed E-state index contributed by atoms with van der Waals surface area (Å²) < 4.78 is 83.6. The SMILES string of the molecule is O=BO.O=BO.O=BO.O=BO.O=BO.O=BO.O=BO.O=BO.O=BO.O=BO.[NaH]. The van der Waals surface area contributed by atoms with Gasteiger partial charge in [-0.2, -0.15) is 0 Å². The Morgan fingerprint density at radius 3 is 0.226 bits per heavy atom. The summed E-state index contributed by atoms with van der Waals surface area (Å²) in [5, 5.41) is 68.9. The van der Waals surface area contributed by atoms with Crippen molar-refractivity contribution in [3.05, 3.63) is 0 Å². The van der Waals surface area contributed by atoms with E-state index in [-0.39, 0.29) is 103 Å². The van der Waals surface area contributed by atoms with Crippen LogP contribution in [-0.2, 0) is 47.0 Å². The fourth-order valence-electron chi connectivity index (χ4n) is 0. The summed E-state index contributed by atoms with van der Waals surface area (Å²) in [6, 6.07) is 0. The normalized spacial score (nSPS) is 2.58. The topological polar surface area (TPSA) is 373 Å². The van der Waals surface area contributed by atoms with Gasteiger partial charge in [0.05, 0.1) is 0 Å². The summed E-state index contributed by atoms with van der Waals surface area (Å²) in [7, 11) is -2.50. The van der Waals surface area contributed by atoms with Gasteiger partial charge in [-0.15, -0.1) is 0 Å². The van der Waals surface area contributed by atoms with E-state index in [0.717, 1.165) is 0 Å². The molecule has 0 rings (SSSR count). The van der Waals surface area contributed by atoms with E-state index in [1.807, 2.05) is 0 Å². The van der Waals surface area contributed by atoms with Crippen molar-refractivity contribution in [1.82, 2.24) is 0 Å². The molecule has 10 N–H and O–H groups in total. The Balaban J connectivity index is -0.0000000159. The van der Waals surface area contributed by atoms with Crippen LogP contribution in [0, 0.1) is 0 Å². The van der Waals surface area contributed by atoms with E-state index in [4.69, 9.17) is 97.3 Å². The molecule has 162 valence electrons. The minimum atomic E-state index is -0.250. The van der Waals surface area contributed by atoms with Crippen molar-refractivity contribution in [3.8, 4) is 0 Å². The van der Waals surface area contributed by atoms with Crippen molar-refractivity contribution in [2.45, 2.75) is 0 Å². The first-order chi connectivity index (χ1) is 14.1. The van der Waals surface area contributed by atoms with Crippen molar-refractivity contribution in [2.24, 2.45) is 0 Å². The molecule has 31 heteroatoms. The molecule has 0 aliphatic heterocycles. The summed E-state index contributed by atoms with van der Waals surface area (Å²) in [5.41, 5.74) is 0. The van der Waals surface area contributed by atoms with Crippen LogP contribution < -0.4 is 0 Å². The molecule has 0 aliphatic carbocycles. The molecule has 31 heavy (non-hydrogen) atoms. The molecule has 0 bridgehead atoms. The minimum absolute atomic E-state index is 0. The molecule has 0 spiro atoms. The maximum atomic E-state index is 8.36. The Kier molecular flexibility index (Phi) is 761. The first-order valence-electron chi connectivity index (χ1n) is 4.94. The fraction of sp³-hybridized carbons (Fsp3) is 0. The Morgan fingerprint density at radius 2 is 0.226 bits per heavy atom. The monoisotopic (exact) mass is 464 g/mol. The quantitative estimate of drug-likeness (QED) is 0.149. The molecule has 0 amide bonds. The second kappa shape index (κ2) is 336. The van der Waals surface area contributed by atoms with E-state index < -0.39 is 0 Å². The molecule has 0 aromatic heterocycles. The van der Waals surface area contributed by atoms with Crippen molar-refractivity contribution in [1.29, 1.82) is 0 Å². The molecule has 0 aliphatic rings. The van der Waals surface area contributed by atoms with Crippen molar-refractivity contribution < 1.29 is 97.3 Å². The van der Waals surface area contributed by atoms with Crippen LogP contribution in [0.3, 0.4) is 0 Å². The molecule has 0 aromatic carbocycles. The van der Waals surface area contributed by atoms with Crippen LogP contribution >= 0.6 is 0 Å². The van der Waals surface area contributed by atoms with E-state index in [1.165, 1.54) is 0 Å². The fourth-order valence-corrected chi connectivity index (χ4v) is 0. The van der Waals surface area contributed by atoms with E-state index in [1.54, 1.807) is 0 Å². The van der Waals surface area contributed by atoms with Gasteiger partial charge in [-0.1, -0.05) is 0 Å². The molecule has 0 unspecified atom stereocenters. The van der Waals surface area contributed by atoms with Crippen LogP contribution in [0.4, 0.5) is 0 Å². The Hall–Kier alpha value is -2.35. The van der Waals surface area contributed by atoms with Gasteiger partial charge < -0.3 is 0 Å². The summed E-state index contributed by atoms with van der Waals surface area (Å²) in [6.07, 6.45) is 0. The third kappa shape index (κ3) is 3290. The van der Waals surface area contributed by atoms with Crippen LogP contribution in [0.15, 0.2) is 0 Å². The second-order valence-corrected chi connectivity index (χ2v) is 1.05. The molecular formula is H11B10NaO20. The number of hydrogen-bond acceptors (Lipinski definition) is 10. The molecule has 0 heterocycles. The molecule has 0 radical (unpaired) electrons. The van der Waals surface area contributed by atoms with Crippen LogP contribution in [0.1, 0.15) is 0 Å². The van der Waals surface area contributed by atoms with Gasteiger partial charge in [0.15, 0.2) is 0 Å². The van der Waals surface area contributed by atoms with E-state index >= 15 is 0 Å². The predicted octanol–water partition coefficient (Wildman–Crippen LogP) is -11.2. The van der Waals surface area contributed by atoms with Crippen molar-refractivity contribution >= 4 is 103 Å². The van der Waals surface area contributed by atoms with Crippen LogP contribution in [0.25, 0.3) is 0 Å². The zero-order valence-corrected chi connectivity index (χ0v) is 14.3. The van der Waals surface area contributed by atoms with Crippen LogP contribution in [0.2, 0.25) is 0 Å². The molecule has 0 fully saturated rings. The Labute approximate surface area is 200 Å². The Bertz CT molecular complexity index is 209. The summed E-state index contributed by atoms with van der Waals surface area (Å²) >= 11 is 0. The molecule has 20 nitrogen and oxygen atoms in total. The predicted molar refractivity (Wildman–Crippen MR) is 93.7 cm³/mol. The first-order valence-corrected chi connectivity index (χ1v) is 4.94. The van der Waals surface area contributed by atoms with Gasteiger partial charge in [0.25, 0.3) is 0 Å². The molecule has 0 aromatic rings. The third-order valence-electron chi connectivity index (χ3n) is 0. The molecular weight excluding hydrogens is 451 g/mol. The van der Waals surface area contributed by atoms with Gasteiger partial charge in [-0.25, -0.2) is 0 Å². The van der Waals surface area contributed by atoms with Gasteiger partial charge in [0, 0.05) is 0 Å². The van der Waals surface area contributed by atoms with Crippen LogP contribution in [0.5, 0.6) is 0 Å². The molecule has 0 atom stereocenters. The van der Waals surface area contributed by atoms with Gasteiger partial charge in [0.1, 0.15) is 0 Å². The average Bonchev–Trinajstić information content (AvgIpc) is 2.61. The van der Waals surface area contributed by atoms with Crippen LogP contribution in [-0.4, -0.2) is 153 Å². The van der Waals surface area contributed by atoms with Gasteiger partial charge in [-0.05, 0) is 0 Å². The van der Waals surface area contributed by atoms with Gasteiger partial charge >= 0.3 is 200 Å². The third-order valence-corrected chi connectivity index (χ3v) is 0. The van der Waals surface area contributed by atoms with Crippen molar-refractivity contribution in [3.63, 3.8) is 0 Å². The summed E-state index contributed by atoms with van der Waals surface area (Å²) in [5.74, 6) is 0. The first kappa shape index (κ1) is 70.3. The van der Waals surface area contributed by atoms with E-state index in [9.17, 15) is 0 Å². The standard InChI is InChI=1S/10BHO2.Na.H/c10*2-1-3;;/h10*2H;;. The van der Waals surface area contributed by atoms with Gasteiger partial charge in [0.2, 0.25) is 0 Å². The summed E-state index contributed by atoms with van der Waals surface area (Å²) in [6.45, 7) is 0. The number of hydrogen-bond donors (Lipinski definition) is 10. The second-order valence-electron chi connectivity index (χ2n) is 1.05. The number of rotatable bonds is 0. The Morgan fingerprint density at radius 1 is 0.226 bits per heavy atom. The average molecular weight is 462 g/mol. The maximum absolute atomic E-state index is 8.36. The van der Waals surface area contributed by atoms with E-state index in [2.05, 4.69) is 0 Å². The molecule has 0 saturated heterocycles. The van der Waals surface area contributed by atoms with Crippen molar-refractivity contribution in [2.75, 3.05) is 0 Å². The molecule has 0 saturated carbocycles. The van der Waals surface area contributed by atoms with Gasteiger partial charge in [-0.3, -0.25) is 0 Å². The zero-order valence-electron chi connectivity index (χ0n) is 14.3.